The van der Waals surface area contributed by atoms with Gasteiger partial charge in [-0.05, 0) is 43.3 Å². The Morgan fingerprint density at radius 1 is 1.26 bits per heavy atom. The molecule has 19 heavy (non-hydrogen) atoms. The van der Waals surface area contributed by atoms with Crippen LogP contribution in [-0.2, 0) is 4.74 Å². The lowest BCUT2D eigenvalue weighted by atomic mass is 10.3. The number of nitrogen functional groups attached to an aromatic ring is 1. The predicted molar refractivity (Wildman–Crippen MR) is 74.3 cm³/mol. The molecule has 2 aromatic rings. The van der Waals surface area contributed by atoms with E-state index < -0.39 is 5.97 Å². The minimum Gasteiger partial charge on any atom is -0.461 e. The molecule has 0 aliphatic rings. The van der Waals surface area contributed by atoms with Gasteiger partial charge in [-0.1, -0.05) is 6.07 Å². The van der Waals surface area contributed by atoms with E-state index in [4.69, 9.17) is 10.5 Å². The van der Waals surface area contributed by atoms with E-state index in [1.54, 1.807) is 37.3 Å². The molecule has 5 heteroatoms. The highest BCUT2D eigenvalue weighted by molar-refractivity contribution is 5.87. The van der Waals surface area contributed by atoms with Gasteiger partial charge < -0.3 is 15.8 Å². The van der Waals surface area contributed by atoms with E-state index in [1.165, 1.54) is 0 Å². The minimum atomic E-state index is -0.427. The molecule has 1 aromatic heterocycles. The quantitative estimate of drug-likeness (QED) is 0.650. The molecule has 0 atom stereocenters. The lowest BCUT2D eigenvalue weighted by molar-refractivity contribution is 0.0519. The molecular formula is C14H15N3O2. The van der Waals surface area contributed by atoms with Gasteiger partial charge in [0.1, 0.15) is 5.82 Å². The second kappa shape index (κ2) is 5.86. The van der Waals surface area contributed by atoms with Crippen LogP contribution in [0.5, 0.6) is 0 Å². The zero-order valence-electron chi connectivity index (χ0n) is 10.6. The molecule has 0 fully saturated rings. The number of carbonyl (C=O) groups is 1. The van der Waals surface area contributed by atoms with Crippen molar-refractivity contribution in [3.63, 3.8) is 0 Å². The maximum atomic E-state index is 11.6. The summed E-state index contributed by atoms with van der Waals surface area (Å²) in [5.74, 6) is 0.152. The standard InChI is InChI=1S/C14H15N3O2/c1-2-19-14(18)12-4-3-5-13(17-12)16-11-8-6-10(15)7-9-11/h3-9H,2,15H2,1H3,(H,16,17). The van der Waals surface area contributed by atoms with Crippen molar-refractivity contribution in [1.29, 1.82) is 0 Å². The Morgan fingerprint density at radius 3 is 2.68 bits per heavy atom. The first kappa shape index (κ1) is 12.9. The van der Waals surface area contributed by atoms with Crippen LogP contribution < -0.4 is 11.1 Å². The zero-order chi connectivity index (χ0) is 13.7. The lowest BCUT2D eigenvalue weighted by Gasteiger charge is -2.07. The summed E-state index contributed by atoms with van der Waals surface area (Å²) in [6, 6.07) is 12.4. The van der Waals surface area contributed by atoms with Gasteiger partial charge in [0.25, 0.3) is 0 Å². The molecule has 2 rings (SSSR count). The van der Waals surface area contributed by atoms with Gasteiger partial charge in [-0.15, -0.1) is 0 Å². The fraction of sp³-hybridized carbons (Fsp3) is 0.143. The summed E-state index contributed by atoms with van der Waals surface area (Å²) < 4.78 is 4.90. The number of pyridine rings is 1. The van der Waals surface area contributed by atoms with E-state index in [0.29, 0.717) is 18.1 Å². The highest BCUT2D eigenvalue weighted by Gasteiger charge is 2.08. The van der Waals surface area contributed by atoms with Crippen molar-refractivity contribution < 1.29 is 9.53 Å². The predicted octanol–water partition coefficient (Wildman–Crippen LogP) is 2.58. The van der Waals surface area contributed by atoms with Crippen molar-refractivity contribution in [1.82, 2.24) is 4.98 Å². The summed E-state index contributed by atoms with van der Waals surface area (Å²) in [6.07, 6.45) is 0. The Morgan fingerprint density at radius 2 is 2.00 bits per heavy atom. The molecule has 3 N–H and O–H groups in total. The lowest BCUT2D eigenvalue weighted by Crippen LogP contribution is -2.08. The molecule has 0 saturated heterocycles. The van der Waals surface area contributed by atoms with Crippen molar-refractivity contribution >= 4 is 23.2 Å². The van der Waals surface area contributed by atoms with Crippen LogP contribution in [0.1, 0.15) is 17.4 Å². The molecule has 1 heterocycles. The molecular weight excluding hydrogens is 242 g/mol. The fourth-order valence-corrected chi connectivity index (χ4v) is 1.54. The van der Waals surface area contributed by atoms with Gasteiger partial charge in [0.05, 0.1) is 6.61 Å². The number of hydrogen-bond donors (Lipinski definition) is 2. The van der Waals surface area contributed by atoms with Crippen molar-refractivity contribution in [3.05, 3.63) is 48.2 Å². The van der Waals surface area contributed by atoms with Gasteiger partial charge in [-0.25, -0.2) is 9.78 Å². The van der Waals surface area contributed by atoms with E-state index in [0.717, 1.165) is 5.69 Å². The van der Waals surface area contributed by atoms with Crippen molar-refractivity contribution in [2.45, 2.75) is 6.92 Å². The number of hydrogen-bond acceptors (Lipinski definition) is 5. The second-order valence-electron chi connectivity index (χ2n) is 3.88. The van der Waals surface area contributed by atoms with Crippen LogP contribution in [0.2, 0.25) is 0 Å². The highest BCUT2D eigenvalue weighted by Crippen LogP contribution is 2.16. The normalized spacial score (nSPS) is 9.95. The van der Waals surface area contributed by atoms with E-state index in [2.05, 4.69) is 10.3 Å². The van der Waals surface area contributed by atoms with Crippen molar-refractivity contribution in [2.75, 3.05) is 17.7 Å². The van der Waals surface area contributed by atoms with Crippen LogP contribution in [0.15, 0.2) is 42.5 Å². The molecule has 98 valence electrons. The van der Waals surface area contributed by atoms with Crippen LogP contribution in [0.4, 0.5) is 17.2 Å². The monoisotopic (exact) mass is 257 g/mol. The number of carbonyl (C=O) groups excluding carboxylic acids is 1. The van der Waals surface area contributed by atoms with Gasteiger partial charge in [0, 0.05) is 11.4 Å². The van der Waals surface area contributed by atoms with E-state index in [-0.39, 0.29) is 5.69 Å². The molecule has 5 nitrogen and oxygen atoms in total. The summed E-state index contributed by atoms with van der Waals surface area (Å²) in [4.78, 5) is 15.8. The third-order valence-corrected chi connectivity index (χ3v) is 2.42. The first-order chi connectivity index (χ1) is 9.19. The number of nitrogens with two attached hydrogens (primary N) is 1. The third-order valence-electron chi connectivity index (χ3n) is 2.42. The number of anilines is 3. The number of ether oxygens (including phenoxy) is 1. The second-order valence-corrected chi connectivity index (χ2v) is 3.88. The fourth-order valence-electron chi connectivity index (χ4n) is 1.54. The molecule has 0 aliphatic carbocycles. The Hall–Kier alpha value is -2.56. The summed E-state index contributed by atoms with van der Waals surface area (Å²) in [6.45, 7) is 2.09. The Balaban J connectivity index is 2.15. The maximum Gasteiger partial charge on any atom is 0.356 e. The molecule has 0 spiro atoms. The van der Waals surface area contributed by atoms with Crippen molar-refractivity contribution in [3.8, 4) is 0 Å². The van der Waals surface area contributed by atoms with E-state index >= 15 is 0 Å². The number of aromatic nitrogens is 1. The average Bonchev–Trinajstić information content (AvgIpc) is 2.42. The summed E-state index contributed by atoms with van der Waals surface area (Å²) in [5, 5.41) is 3.09. The van der Waals surface area contributed by atoms with Gasteiger partial charge in [0.2, 0.25) is 0 Å². The van der Waals surface area contributed by atoms with Crippen molar-refractivity contribution in [2.24, 2.45) is 0 Å². The van der Waals surface area contributed by atoms with Crippen LogP contribution in [-0.4, -0.2) is 17.6 Å². The van der Waals surface area contributed by atoms with Gasteiger partial charge >= 0.3 is 5.97 Å². The molecule has 0 radical (unpaired) electrons. The number of rotatable bonds is 4. The van der Waals surface area contributed by atoms with E-state index in [9.17, 15) is 4.79 Å². The summed E-state index contributed by atoms with van der Waals surface area (Å²) >= 11 is 0. The third kappa shape index (κ3) is 3.45. The largest absolute Gasteiger partial charge is 0.461 e. The summed E-state index contributed by atoms with van der Waals surface area (Å²) in [5.41, 5.74) is 7.44. The smallest absolute Gasteiger partial charge is 0.356 e. The number of nitrogens with zero attached hydrogens (tertiary/aromatic N) is 1. The van der Waals surface area contributed by atoms with Crippen LogP contribution in [0.3, 0.4) is 0 Å². The first-order valence-corrected chi connectivity index (χ1v) is 5.96. The molecule has 1 aromatic carbocycles. The maximum absolute atomic E-state index is 11.6. The molecule has 0 saturated carbocycles. The number of nitrogens with one attached hydrogen (secondary N) is 1. The number of benzene rings is 1. The van der Waals surface area contributed by atoms with Crippen LogP contribution >= 0.6 is 0 Å². The highest BCUT2D eigenvalue weighted by atomic mass is 16.5. The van der Waals surface area contributed by atoms with Gasteiger partial charge in [-0.3, -0.25) is 0 Å². The molecule has 0 aliphatic heterocycles. The average molecular weight is 257 g/mol. The molecule has 0 bridgehead atoms. The summed E-state index contributed by atoms with van der Waals surface area (Å²) in [7, 11) is 0. The molecule has 0 amide bonds. The van der Waals surface area contributed by atoms with E-state index in [1.807, 2.05) is 12.1 Å². The first-order valence-electron chi connectivity index (χ1n) is 5.96. The number of esters is 1. The van der Waals surface area contributed by atoms with Crippen LogP contribution in [0.25, 0.3) is 0 Å². The molecule has 0 unspecified atom stereocenters. The van der Waals surface area contributed by atoms with Gasteiger partial charge in [0.15, 0.2) is 5.69 Å². The Kier molecular flexibility index (Phi) is 3.97. The minimum absolute atomic E-state index is 0.280. The topological polar surface area (TPSA) is 77.2 Å². The van der Waals surface area contributed by atoms with Crippen LogP contribution in [0, 0.1) is 0 Å². The zero-order valence-corrected chi connectivity index (χ0v) is 10.6. The van der Waals surface area contributed by atoms with Gasteiger partial charge in [-0.2, -0.15) is 0 Å². The Labute approximate surface area is 111 Å². The Bertz CT molecular complexity index is 567. The SMILES string of the molecule is CCOC(=O)c1cccc(Nc2ccc(N)cc2)n1.